The van der Waals surface area contributed by atoms with Crippen LogP contribution in [0.25, 0.3) is 0 Å². The first kappa shape index (κ1) is 9.59. The molecule has 0 aromatic rings. The van der Waals surface area contributed by atoms with Crippen LogP contribution in [0.4, 0.5) is 0 Å². The van der Waals surface area contributed by atoms with Crippen LogP contribution in [0.3, 0.4) is 0 Å². The summed E-state index contributed by atoms with van der Waals surface area (Å²) in [6, 6.07) is -0.241. The number of aldehydes is 1. The summed E-state index contributed by atoms with van der Waals surface area (Å²) in [5.41, 5.74) is 5.07. The van der Waals surface area contributed by atoms with Crippen molar-refractivity contribution in [1.29, 1.82) is 0 Å². The number of hydrogen-bond acceptors (Lipinski definition) is 3. The Bertz CT molecular complexity index is 112. The standard InChI is InChI=1S/C7H15NO2/c1-7(2,5-10)6(8)3-4-9/h5-6,9H,3-4,8H2,1-2H3. The molecule has 0 radical (unpaired) electrons. The minimum atomic E-state index is -0.511. The molecule has 0 rings (SSSR count). The Labute approximate surface area is 61.2 Å². The first-order chi connectivity index (χ1) is 4.54. The summed E-state index contributed by atoms with van der Waals surface area (Å²) >= 11 is 0. The number of nitrogens with two attached hydrogens (primary N) is 1. The molecule has 0 spiro atoms. The summed E-state index contributed by atoms with van der Waals surface area (Å²) in [7, 11) is 0. The van der Waals surface area contributed by atoms with Gasteiger partial charge in [0.25, 0.3) is 0 Å². The maximum atomic E-state index is 10.4. The minimum absolute atomic E-state index is 0.0401. The summed E-state index contributed by atoms with van der Waals surface area (Å²) in [5, 5.41) is 8.50. The van der Waals surface area contributed by atoms with Gasteiger partial charge in [0.1, 0.15) is 6.29 Å². The molecule has 0 aromatic carbocycles. The lowest BCUT2D eigenvalue weighted by Gasteiger charge is -2.24. The van der Waals surface area contributed by atoms with Gasteiger partial charge in [0.15, 0.2) is 0 Å². The lowest BCUT2D eigenvalue weighted by atomic mass is 9.85. The van der Waals surface area contributed by atoms with E-state index in [4.69, 9.17) is 10.8 Å². The summed E-state index contributed by atoms with van der Waals surface area (Å²) in [5.74, 6) is 0. The molecular weight excluding hydrogens is 130 g/mol. The normalized spacial score (nSPS) is 14.8. The van der Waals surface area contributed by atoms with E-state index >= 15 is 0 Å². The molecule has 10 heavy (non-hydrogen) atoms. The van der Waals surface area contributed by atoms with Crippen molar-refractivity contribution in [1.82, 2.24) is 0 Å². The van der Waals surface area contributed by atoms with Crippen LogP contribution in [-0.4, -0.2) is 24.0 Å². The van der Waals surface area contributed by atoms with Gasteiger partial charge in [-0.15, -0.1) is 0 Å². The molecule has 1 unspecified atom stereocenters. The van der Waals surface area contributed by atoms with Crippen molar-refractivity contribution in [2.24, 2.45) is 11.1 Å². The molecule has 0 aliphatic carbocycles. The van der Waals surface area contributed by atoms with Crippen molar-refractivity contribution in [2.75, 3.05) is 6.61 Å². The summed E-state index contributed by atoms with van der Waals surface area (Å²) in [4.78, 5) is 10.4. The molecule has 0 aliphatic heterocycles. The highest BCUT2D eigenvalue weighted by molar-refractivity contribution is 5.59. The van der Waals surface area contributed by atoms with Gasteiger partial charge >= 0.3 is 0 Å². The van der Waals surface area contributed by atoms with E-state index in [1.165, 1.54) is 0 Å². The SMILES string of the molecule is CC(C)(C=O)C(N)CCO. The monoisotopic (exact) mass is 145 g/mol. The Morgan fingerprint density at radius 2 is 2.20 bits per heavy atom. The molecule has 1 atom stereocenters. The quantitative estimate of drug-likeness (QED) is 0.544. The molecule has 0 aliphatic rings. The van der Waals surface area contributed by atoms with Gasteiger partial charge in [-0.05, 0) is 6.42 Å². The number of carbonyl (C=O) groups is 1. The van der Waals surface area contributed by atoms with E-state index in [0.29, 0.717) is 6.42 Å². The highest BCUT2D eigenvalue weighted by atomic mass is 16.3. The third kappa shape index (κ3) is 2.45. The van der Waals surface area contributed by atoms with E-state index in [1.54, 1.807) is 13.8 Å². The van der Waals surface area contributed by atoms with Crippen LogP contribution in [0.1, 0.15) is 20.3 Å². The largest absolute Gasteiger partial charge is 0.396 e. The average molecular weight is 145 g/mol. The lowest BCUT2D eigenvalue weighted by Crippen LogP contribution is -2.39. The average Bonchev–Trinajstić information content (AvgIpc) is 1.89. The van der Waals surface area contributed by atoms with Crippen LogP contribution in [0.2, 0.25) is 0 Å². The van der Waals surface area contributed by atoms with Gasteiger partial charge in [-0.1, -0.05) is 13.8 Å². The molecule has 3 nitrogen and oxygen atoms in total. The first-order valence-electron chi connectivity index (χ1n) is 3.37. The second-order valence-electron chi connectivity index (χ2n) is 3.06. The second kappa shape index (κ2) is 3.68. The molecule has 0 bridgehead atoms. The molecule has 3 heteroatoms. The van der Waals surface area contributed by atoms with Gasteiger partial charge in [0.05, 0.1) is 0 Å². The summed E-state index contributed by atoms with van der Waals surface area (Å²) in [6.07, 6.45) is 1.30. The highest BCUT2D eigenvalue weighted by Gasteiger charge is 2.24. The van der Waals surface area contributed by atoms with Crippen LogP contribution in [0.15, 0.2) is 0 Å². The van der Waals surface area contributed by atoms with Crippen molar-refractivity contribution < 1.29 is 9.90 Å². The molecule has 0 amide bonds. The number of carbonyl (C=O) groups excluding carboxylic acids is 1. The molecule has 0 saturated heterocycles. The van der Waals surface area contributed by atoms with Crippen molar-refractivity contribution in [3.8, 4) is 0 Å². The van der Waals surface area contributed by atoms with E-state index in [1.807, 2.05) is 0 Å². The van der Waals surface area contributed by atoms with E-state index in [-0.39, 0.29) is 12.6 Å². The van der Waals surface area contributed by atoms with Crippen LogP contribution in [0.5, 0.6) is 0 Å². The number of hydrogen-bond donors (Lipinski definition) is 2. The van der Waals surface area contributed by atoms with E-state index in [9.17, 15) is 4.79 Å². The van der Waals surface area contributed by atoms with Crippen LogP contribution < -0.4 is 5.73 Å². The summed E-state index contributed by atoms with van der Waals surface area (Å²) in [6.45, 7) is 3.57. The molecule has 3 N–H and O–H groups in total. The van der Waals surface area contributed by atoms with Crippen LogP contribution in [-0.2, 0) is 4.79 Å². The van der Waals surface area contributed by atoms with Gasteiger partial charge in [-0.25, -0.2) is 0 Å². The second-order valence-corrected chi connectivity index (χ2v) is 3.06. The van der Waals surface area contributed by atoms with E-state index in [2.05, 4.69) is 0 Å². The molecular formula is C7H15NO2. The fraction of sp³-hybridized carbons (Fsp3) is 0.857. The fourth-order valence-electron chi connectivity index (χ4n) is 0.598. The van der Waals surface area contributed by atoms with Gasteiger partial charge in [0, 0.05) is 18.1 Å². The third-order valence-corrected chi connectivity index (χ3v) is 1.70. The molecule has 0 aromatic heterocycles. The number of rotatable bonds is 4. The topological polar surface area (TPSA) is 63.3 Å². The van der Waals surface area contributed by atoms with E-state index < -0.39 is 5.41 Å². The van der Waals surface area contributed by atoms with Gasteiger partial charge in [-0.2, -0.15) is 0 Å². The molecule has 60 valence electrons. The van der Waals surface area contributed by atoms with Crippen molar-refractivity contribution in [3.63, 3.8) is 0 Å². The van der Waals surface area contributed by atoms with Crippen LogP contribution >= 0.6 is 0 Å². The third-order valence-electron chi connectivity index (χ3n) is 1.70. The number of aliphatic hydroxyl groups excluding tert-OH is 1. The Hall–Kier alpha value is -0.410. The van der Waals surface area contributed by atoms with Gasteiger partial charge < -0.3 is 15.6 Å². The number of aliphatic hydroxyl groups is 1. The zero-order valence-corrected chi connectivity index (χ0v) is 6.50. The van der Waals surface area contributed by atoms with Crippen molar-refractivity contribution in [3.05, 3.63) is 0 Å². The zero-order valence-electron chi connectivity index (χ0n) is 6.50. The Kier molecular flexibility index (Phi) is 3.53. The fourth-order valence-corrected chi connectivity index (χ4v) is 0.598. The van der Waals surface area contributed by atoms with E-state index in [0.717, 1.165) is 6.29 Å². The predicted molar refractivity (Wildman–Crippen MR) is 39.5 cm³/mol. The summed E-state index contributed by atoms with van der Waals surface area (Å²) < 4.78 is 0. The first-order valence-corrected chi connectivity index (χ1v) is 3.37. The molecule has 0 fully saturated rings. The zero-order chi connectivity index (χ0) is 8.20. The Balaban J connectivity index is 3.90. The van der Waals surface area contributed by atoms with Gasteiger partial charge in [-0.3, -0.25) is 0 Å². The Morgan fingerprint density at radius 1 is 1.70 bits per heavy atom. The van der Waals surface area contributed by atoms with Crippen molar-refractivity contribution in [2.45, 2.75) is 26.3 Å². The molecule has 0 heterocycles. The smallest absolute Gasteiger partial charge is 0.127 e. The van der Waals surface area contributed by atoms with Crippen molar-refractivity contribution >= 4 is 6.29 Å². The predicted octanol–water partition coefficient (Wildman–Crippen LogP) is -0.0788. The van der Waals surface area contributed by atoms with Crippen LogP contribution in [0, 0.1) is 5.41 Å². The van der Waals surface area contributed by atoms with Gasteiger partial charge in [0.2, 0.25) is 0 Å². The molecule has 0 saturated carbocycles. The Morgan fingerprint density at radius 3 is 2.50 bits per heavy atom. The highest BCUT2D eigenvalue weighted by Crippen LogP contribution is 2.17. The minimum Gasteiger partial charge on any atom is -0.396 e. The maximum Gasteiger partial charge on any atom is 0.127 e. The maximum absolute atomic E-state index is 10.4. The lowest BCUT2D eigenvalue weighted by molar-refractivity contribution is -0.115.